The van der Waals surface area contributed by atoms with Gasteiger partial charge in [0.2, 0.25) is 11.8 Å². The molecule has 1 aromatic rings. The van der Waals surface area contributed by atoms with E-state index in [0.29, 0.717) is 25.4 Å². The summed E-state index contributed by atoms with van der Waals surface area (Å²) in [7, 11) is 0. The van der Waals surface area contributed by atoms with Crippen molar-refractivity contribution < 1.29 is 9.59 Å². The Morgan fingerprint density at radius 2 is 2.00 bits per heavy atom. The van der Waals surface area contributed by atoms with E-state index in [-0.39, 0.29) is 11.8 Å². The summed E-state index contributed by atoms with van der Waals surface area (Å²) in [5.74, 6) is 0.328. The standard InChI is InChI=1S/C16H23BrN2O2/c1-11(2)10-18-16(21)7-8-19(13(4)20)14-6-5-12(3)15(17)9-14/h5-6,9,11H,7-8,10H2,1-4H3,(H,18,21). The first-order chi connectivity index (χ1) is 9.81. The second-order valence-electron chi connectivity index (χ2n) is 5.55. The van der Waals surface area contributed by atoms with Crippen LogP contribution in [-0.2, 0) is 9.59 Å². The van der Waals surface area contributed by atoms with Crippen molar-refractivity contribution in [1.82, 2.24) is 5.32 Å². The number of nitrogens with one attached hydrogen (secondary N) is 1. The summed E-state index contributed by atoms with van der Waals surface area (Å²) in [5, 5.41) is 2.86. The molecule has 0 spiro atoms. The first-order valence-corrected chi connectivity index (χ1v) is 7.91. The van der Waals surface area contributed by atoms with Gasteiger partial charge in [-0.25, -0.2) is 0 Å². The van der Waals surface area contributed by atoms with Gasteiger partial charge >= 0.3 is 0 Å². The second kappa shape index (κ2) is 8.17. The molecule has 0 atom stereocenters. The molecule has 0 saturated carbocycles. The lowest BCUT2D eigenvalue weighted by Gasteiger charge is -2.21. The molecule has 0 aliphatic heterocycles. The minimum absolute atomic E-state index is 0.0267. The van der Waals surface area contributed by atoms with Gasteiger partial charge in [-0.2, -0.15) is 0 Å². The molecule has 5 heteroatoms. The SMILES string of the molecule is CC(=O)N(CCC(=O)NCC(C)C)c1ccc(C)c(Br)c1. The Kier molecular flexibility index (Phi) is 6.89. The number of hydrogen-bond acceptors (Lipinski definition) is 2. The van der Waals surface area contributed by atoms with Crippen LogP contribution in [0.5, 0.6) is 0 Å². The van der Waals surface area contributed by atoms with Crippen molar-refractivity contribution in [2.75, 3.05) is 18.0 Å². The predicted octanol–water partition coefficient (Wildman–Crippen LogP) is 3.27. The fraction of sp³-hybridized carbons (Fsp3) is 0.500. The number of rotatable bonds is 6. The van der Waals surface area contributed by atoms with E-state index in [1.54, 1.807) is 4.90 Å². The minimum atomic E-state index is -0.0672. The lowest BCUT2D eigenvalue weighted by Crippen LogP contribution is -2.34. The van der Waals surface area contributed by atoms with Crippen molar-refractivity contribution >= 4 is 33.4 Å². The maximum Gasteiger partial charge on any atom is 0.223 e. The van der Waals surface area contributed by atoms with Gasteiger partial charge in [0, 0.05) is 36.6 Å². The van der Waals surface area contributed by atoms with Crippen LogP contribution in [-0.4, -0.2) is 24.9 Å². The zero-order chi connectivity index (χ0) is 16.0. The predicted molar refractivity (Wildman–Crippen MR) is 89.4 cm³/mol. The Morgan fingerprint density at radius 1 is 1.33 bits per heavy atom. The zero-order valence-corrected chi connectivity index (χ0v) is 14.7. The van der Waals surface area contributed by atoms with Crippen LogP contribution in [0, 0.1) is 12.8 Å². The molecule has 0 aliphatic carbocycles. The second-order valence-corrected chi connectivity index (χ2v) is 6.41. The van der Waals surface area contributed by atoms with Crippen LogP contribution >= 0.6 is 15.9 Å². The lowest BCUT2D eigenvalue weighted by molar-refractivity contribution is -0.121. The molecule has 4 nitrogen and oxygen atoms in total. The van der Waals surface area contributed by atoms with E-state index >= 15 is 0 Å². The summed E-state index contributed by atoms with van der Waals surface area (Å²) in [5.41, 5.74) is 1.91. The van der Waals surface area contributed by atoms with Gasteiger partial charge < -0.3 is 10.2 Å². The van der Waals surface area contributed by atoms with E-state index < -0.39 is 0 Å². The molecular weight excluding hydrogens is 332 g/mol. The number of hydrogen-bond donors (Lipinski definition) is 1. The smallest absolute Gasteiger partial charge is 0.223 e. The van der Waals surface area contributed by atoms with E-state index in [9.17, 15) is 9.59 Å². The fourth-order valence-electron chi connectivity index (χ4n) is 1.84. The summed E-state index contributed by atoms with van der Waals surface area (Å²) in [6.45, 7) is 8.65. The highest BCUT2D eigenvalue weighted by atomic mass is 79.9. The quantitative estimate of drug-likeness (QED) is 0.852. The van der Waals surface area contributed by atoms with E-state index in [2.05, 4.69) is 21.2 Å². The van der Waals surface area contributed by atoms with Gasteiger partial charge in [0.15, 0.2) is 0 Å². The molecule has 21 heavy (non-hydrogen) atoms. The molecule has 0 aliphatic rings. The van der Waals surface area contributed by atoms with Gasteiger partial charge in [0.1, 0.15) is 0 Å². The van der Waals surface area contributed by atoms with Crippen LogP contribution in [0.1, 0.15) is 32.8 Å². The molecule has 0 heterocycles. The summed E-state index contributed by atoms with van der Waals surface area (Å²) in [4.78, 5) is 25.2. The molecule has 1 N–H and O–H groups in total. The van der Waals surface area contributed by atoms with Gasteiger partial charge in [-0.05, 0) is 30.5 Å². The highest BCUT2D eigenvalue weighted by molar-refractivity contribution is 9.10. The third-order valence-electron chi connectivity index (χ3n) is 3.12. The molecule has 2 amide bonds. The molecule has 0 bridgehead atoms. The van der Waals surface area contributed by atoms with Crippen molar-refractivity contribution in [2.24, 2.45) is 5.92 Å². The minimum Gasteiger partial charge on any atom is -0.356 e. The van der Waals surface area contributed by atoms with Crippen LogP contribution in [0.2, 0.25) is 0 Å². The Morgan fingerprint density at radius 3 is 2.52 bits per heavy atom. The Bertz CT molecular complexity index is 515. The Hall–Kier alpha value is -1.36. The number of aryl methyl sites for hydroxylation is 1. The summed E-state index contributed by atoms with van der Waals surface area (Å²) < 4.78 is 0.954. The van der Waals surface area contributed by atoms with Gasteiger partial charge in [-0.3, -0.25) is 9.59 Å². The van der Waals surface area contributed by atoms with Crippen LogP contribution in [0.25, 0.3) is 0 Å². The third kappa shape index (κ3) is 5.87. The topological polar surface area (TPSA) is 49.4 Å². The summed E-state index contributed by atoms with van der Waals surface area (Å²) >= 11 is 3.47. The average molecular weight is 355 g/mol. The van der Waals surface area contributed by atoms with E-state index in [4.69, 9.17) is 0 Å². The van der Waals surface area contributed by atoms with Gasteiger partial charge in [0.25, 0.3) is 0 Å². The van der Waals surface area contributed by atoms with Gasteiger partial charge in [-0.1, -0.05) is 35.8 Å². The Balaban J connectivity index is 2.68. The van der Waals surface area contributed by atoms with Crippen molar-refractivity contribution in [2.45, 2.75) is 34.1 Å². The number of anilines is 1. The van der Waals surface area contributed by atoms with Crippen LogP contribution in [0.3, 0.4) is 0 Å². The third-order valence-corrected chi connectivity index (χ3v) is 3.97. The number of benzene rings is 1. The molecule has 0 radical (unpaired) electrons. The molecule has 1 aromatic carbocycles. The Labute approximate surface area is 135 Å². The largest absolute Gasteiger partial charge is 0.356 e. The first kappa shape index (κ1) is 17.7. The molecule has 0 fully saturated rings. The molecule has 0 aromatic heterocycles. The van der Waals surface area contributed by atoms with Crippen molar-refractivity contribution in [3.63, 3.8) is 0 Å². The lowest BCUT2D eigenvalue weighted by atomic mass is 10.2. The zero-order valence-electron chi connectivity index (χ0n) is 13.1. The fourth-order valence-corrected chi connectivity index (χ4v) is 2.20. The van der Waals surface area contributed by atoms with Crippen molar-refractivity contribution in [1.29, 1.82) is 0 Å². The van der Waals surface area contributed by atoms with Gasteiger partial charge in [0.05, 0.1) is 0 Å². The van der Waals surface area contributed by atoms with Crippen LogP contribution in [0.15, 0.2) is 22.7 Å². The van der Waals surface area contributed by atoms with Crippen molar-refractivity contribution in [3.8, 4) is 0 Å². The average Bonchev–Trinajstić information content (AvgIpc) is 2.40. The van der Waals surface area contributed by atoms with Crippen LogP contribution in [0.4, 0.5) is 5.69 Å². The summed E-state index contributed by atoms with van der Waals surface area (Å²) in [6.07, 6.45) is 0.303. The van der Waals surface area contributed by atoms with E-state index in [0.717, 1.165) is 15.7 Å². The monoisotopic (exact) mass is 354 g/mol. The number of carbonyl (C=O) groups is 2. The molecule has 0 saturated heterocycles. The highest BCUT2D eigenvalue weighted by Gasteiger charge is 2.14. The highest BCUT2D eigenvalue weighted by Crippen LogP contribution is 2.23. The first-order valence-electron chi connectivity index (χ1n) is 7.12. The normalized spacial score (nSPS) is 10.6. The maximum absolute atomic E-state index is 11.8. The maximum atomic E-state index is 11.8. The van der Waals surface area contributed by atoms with Crippen molar-refractivity contribution in [3.05, 3.63) is 28.2 Å². The molecular formula is C16H23BrN2O2. The number of carbonyl (C=O) groups excluding carboxylic acids is 2. The number of nitrogens with zero attached hydrogens (tertiary/aromatic N) is 1. The van der Waals surface area contributed by atoms with E-state index in [1.807, 2.05) is 39.0 Å². The molecule has 0 unspecified atom stereocenters. The number of halogens is 1. The van der Waals surface area contributed by atoms with E-state index in [1.165, 1.54) is 6.92 Å². The van der Waals surface area contributed by atoms with Crippen LogP contribution < -0.4 is 10.2 Å². The van der Waals surface area contributed by atoms with Gasteiger partial charge in [-0.15, -0.1) is 0 Å². The molecule has 116 valence electrons. The number of amides is 2. The molecule has 1 rings (SSSR count). The summed E-state index contributed by atoms with van der Waals surface area (Å²) in [6, 6.07) is 5.75.